The van der Waals surface area contributed by atoms with Gasteiger partial charge in [-0.25, -0.2) is 4.98 Å². The molecule has 0 aliphatic heterocycles. The molecule has 2 aromatic rings. The molecule has 16 heavy (non-hydrogen) atoms. The van der Waals surface area contributed by atoms with Gasteiger partial charge in [-0.2, -0.15) is 4.98 Å². The Morgan fingerprint density at radius 2 is 2.31 bits per heavy atom. The van der Waals surface area contributed by atoms with Gasteiger partial charge in [0.2, 0.25) is 5.88 Å². The molecule has 0 spiro atoms. The highest BCUT2D eigenvalue weighted by atomic mass is 32.1. The Balaban J connectivity index is 1.89. The molecule has 84 valence electrons. The van der Waals surface area contributed by atoms with E-state index >= 15 is 0 Å². The monoisotopic (exact) mass is 235 g/mol. The zero-order valence-electron chi connectivity index (χ0n) is 9.01. The van der Waals surface area contributed by atoms with Crippen molar-refractivity contribution < 1.29 is 4.74 Å². The van der Waals surface area contributed by atoms with E-state index in [1.54, 1.807) is 24.3 Å². The van der Waals surface area contributed by atoms with E-state index in [1.807, 2.05) is 6.07 Å². The molecule has 0 aliphatic carbocycles. The Morgan fingerprint density at radius 3 is 3.00 bits per heavy atom. The van der Waals surface area contributed by atoms with Crippen molar-refractivity contribution >= 4 is 17.2 Å². The van der Waals surface area contributed by atoms with Crippen LogP contribution in [0.2, 0.25) is 0 Å². The summed E-state index contributed by atoms with van der Waals surface area (Å²) in [4.78, 5) is 9.43. The zero-order valence-corrected chi connectivity index (χ0v) is 9.83. The smallest absolute Gasteiger partial charge is 0.218 e. The first-order valence-electron chi connectivity index (χ1n) is 5.00. The van der Waals surface area contributed by atoms with Crippen molar-refractivity contribution in [3.63, 3.8) is 0 Å². The number of hydrogen-bond acceptors (Lipinski definition) is 5. The predicted molar refractivity (Wildman–Crippen MR) is 64.7 cm³/mol. The average Bonchev–Trinajstić information content (AvgIpc) is 2.69. The van der Waals surface area contributed by atoms with Gasteiger partial charge in [0, 0.05) is 17.4 Å². The Hall–Kier alpha value is -1.62. The van der Waals surface area contributed by atoms with Gasteiger partial charge in [0.15, 0.2) is 0 Å². The number of thiophene rings is 1. The fourth-order valence-electron chi connectivity index (χ4n) is 1.35. The maximum absolute atomic E-state index is 5.60. The molecule has 2 aromatic heterocycles. The summed E-state index contributed by atoms with van der Waals surface area (Å²) in [5.74, 6) is 1.62. The summed E-state index contributed by atoms with van der Waals surface area (Å²) in [6.45, 7) is 2.40. The number of nitrogens with two attached hydrogens (primary N) is 1. The molecule has 0 aromatic carbocycles. The van der Waals surface area contributed by atoms with E-state index in [9.17, 15) is 0 Å². The second kappa shape index (κ2) is 4.94. The molecule has 2 N–H and O–H groups in total. The average molecular weight is 235 g/mol. The van der Waals surface area contributed by atoms with E-state index in [4.69, 9.17) is 10.5 Å². The van der Waals surface area contributed by atoms with Crippen LogP contribution in [0.15, 0.2) is 23.6 Å². The maximum atomic E-state index is 5.60. The van der Waals surface area contributed by atoms with E-state index in [-0.39, 0.29) is 0 Å². The molecule has 2 heterocycles. The third-order valence-electron chi connectivity index (χ3n) is 2.01. The lowest BCUT2D eigenvalue weighted by atomic mass is 10.4. The highest BCUT2D eigenvalue weighted by Crippen LogP contribution is 2.12. The van der Waals surface area contributed by atoms with E-state index in [1.165, 1.54) is 4.88 Å². The van der Waals surface area contributed by atoms with Crippen LogP contribution in [0, 0.1) is 6.92 Å². The zero-order chi connectivity index (χ0) is 11.4. The number of hydrogen-bond donors (Lipinski definition) is 1. The predicted octanol–water partition coefficient (Wildman–Crippen LogP) is 2.05. The van der Waals surface area contributed by atoms with Crippen LogP contribution < -0.4 is 10.5 Å². The summed E-state index contributed by atoms with van der Waals surface area (Å²) in [6.07, 6.45) is 0.890. The lowest BCUT2D eigenvalue weighted by Crippen LogP contribution is -2.04. The second-order valence-corrected chi connectivity index (χ2v) is 4.39. The minimum atomic E-state index is 0.443. The molecule has 2 rings (SSSR count). The minimum absolute atomic E-state index is 0.443. The lowest BCUT2D eigenvalue weighted by molar-refractivity contribution is 0.309. The first kappa shape index (κ1) is 10.9. The summed E-state index contributed by atoms with van der Waals surface area (Å²) < 4.78 is 5.52. The third kappa shape index (κ3) is 2.93. The number of nitrogen functional groups attached to an aromatic ring is 1. The van der Waals surface area contributed by atoms with E-state index in [0.717, 1.165) is 6.42 Å². The van der Waals surface area contributed by atoms with Crippen LogP contribution in [-0.2, 0) is 6.42 Å². The van der Waals surface area contributed by atoms with E-state index in [0.29, 0.717) is 24.1 Å². The molecule has 4 nitrogen and oxygen atoms in total. The summed E-state index contributed by atoms with van der Waals surface area (Å²) >= 11 is 1.73. The number of anilines is 1. The molecular weight excluding hydrogens is 222 g/mol. The van der Waals surface area contributed by atoms with Crippen LogP contribution in [0.1, 0.15) is 10.7 Å². The standard InChI is InChI=1S/C11H13N3OS/c1-8-13-10(12)7-11(14-8)15-5-4-9-3-2-6-16-9/h2-3,6-7H,4-5H2,1H3,(H2,12,13,14). The quantitative estimate of drug-likeness (QED) is 0.881. The van der Waals surface area contributed by atoms with Gasteiger partial charge >= 0.3 is 0 Å². The fraction of sp³-hybridized carbons (Fsp3) is 0.273. The van der Waals surface area contributed by atoms with Crippen molar-refractivity contribution in [2.45, 2.75) is 13.3 Å². The highest BCUT2D eigenvalue weighted by molar-refractivity contribution is 7.09. The number of aryl methyl sites for hydroxylation is 1. The molecule has 0 saturated carbocycles. The molecule has 0 radical (unpaired) electrons. The maximum Gasteiger partial charge on any atom is 0.218 e. The molecule has 0 saturated heterocycles. The van der Waals surface area contributed by atoms with Gasteiger partial charge in [-0.05, 0) is 18.4 Å². The molecule has 0 fully saturated rings. The molecule has 0 bridgehead atoms. The van der Waals surface area contributed by atoms with Gasteiger partial charge in [0.25, 0.3) is 0 Å². The first-order valence-corrected chi connectivity index (χ1v) is 5.88. The topological polar surface area (TPSA) is 61.0 Å². The van der Waals surface area contributed by atoms with Crippen LogP contribution in [-0.4, -0.2) is 16.6 Å². The number of ether oxygens (including phenoxy) is 1. The largest absolute Gasteiger partial charge is 0.477 e. The normalized spacial score (nSPS) is 10.3. The van der Waals surface area contributed by atoms with Crippen LogP contribution in [0.3, 0.4) is 0 Å². The van der Waals surface area contributed by atoms with Crippen molar-refractivity contribution in [3.05, 3.63) is 34.3 Å². The fourth-order valence-corrected chi connectivity index (χ4v) is 2.04. The van der Waals surface area contributed by atoms with Crippen LogP contribution in [0.25, 0.3) is 0 Å². The number of nitrogens with zero attached hydrogens (tertiary/aromatic N) is 2. The van der Waals surface area contributed by atoms with Crippen LogP contribution in [0.5, 0.6) is 5.88 Å². The Kier molecular flexibility index (Phi) is 3.36. The molecular formula is C11H13N3OS. The Morgan fingerprint density at radius 1 is 1.44 bits per heavy atom. The lowest BCUT2D eigenvalue weighted by Gasteiger charge is -2.05. The number of aromatic nitrogens is 2. The minimum Gasteiger partial charge on any atom is -0.477 e. The van der Waals surface area contributed by atoms with Crippen molar-refractivity contribution in [1.82, 2.24) is 9.97 Å². The highest BCUT2D eigenvalue weighted by Gasteiger charge is 2.00. The van der Waals surface area contributed by atoms with Gasteiger partial charge in [-0.3, -0.25) is 0 Å². The summed E-state index contributed by atoms with van der Waals surface area (Å²) in [7, 11) is 0. The second-order valence-electron chi connectivity index (χ2n) is 3.36. The first-order chi connectivity index (χ1) is 7.74. The molecule has 0 unspecified atom stereocenters. The van der Waals surface area contributed by atoms with E-state index in [2.05, 4.69) is 21.4 Å². The van der Waals surface area contributed by atoms with Crippen molar-refractivity contribution in [2.24, 2.45) is 0 Å². The van der Waals surface area contributed by atoms with Gasteiger partial charge in [0.05, 0.1) is 6.61 Å². The molecule has 0 aliphatic rings. The summed E-state index contributed by atoms with van der Waals surface area (Å²) in [5.41, 5.74) is 5.60. The van der Waals surface area contributed by atoms with Crippen molar-refractivity contribution in [2.75, 3.05) is 12.3 Å². The van der Waals surface area contributed by atoms with E-state index < -0.39 is 0 Å². The van der Waals surface area contributed by atoms with Crippen LogP contribution in [0.4, 0.5) is 5.82 Å². The summed E-state index contributed by atoms with van der Waals surface area (Å²) in [5, 5.41) is 2.06. The summed E-state index contributed by atoms with van der Waals surface area (Å²) in [6, 6.07) is 5.77. The molecule has 5 heteroatoms. The Bertz CT molecular complexity index is 436. The van der Waals surface area contributed by atoms with Gasteiger partial charge in [-0.15, -0.1) is 11.3 Å². The Labute approximate surface area is 98.1 Å². The molecule has 0 atom stereocenters. The van der Waals surface area contributed by atoms with Crippen LogP contribution >= 0.6 is 11.3 Å². The molecule has 0 amide bonds. The van der Waals surface area contributed by atoms with Crippen molar-refractivity contribution in [1.29, 1.82) is 0 Å². The van der Waals surface area contributed by atoms with Crippen molar-refractivity contribution in [3.8, 4) is 5.88 Å². The van der Waals surface area contributed by atoms with Gasteiger partial charge < -0.3 is 10.5 Å². The van der Waals surface area contributed by atoms with Gasteiger partial charge in [-0.1, -0.05) is 6.07 Å². The third-order valence-corrected chi connectivity index (χ3v) is 2.95. The van der Waals surface area contributed by atoms with Gasteiger partial charge in [0.1, 0.15) is 11.6 Å². The number of rotatable bonds is 4. The SMILES string of the molecule is Cc1nc(N)cc(OCCc2cccs2)n1.